The first-order chi connectivity index (χ1) is 15.1. The fourth-order valence-electron chi connectivity index (χ4n) is 4.22. The summed E-state index contributed by atoms with van der Waals surface area (Å²) in [6.07, 6.45) is -7.59. The lowest BCUT2D eigenvalue weighted by atomic mass is 9.91. The molecule has 4 rings (SSSR count). The third-order valence-electron chi connectivity index (χ3n) is 5.84. The number of rotatable bonds is 4. The molecule has 0 aliphatic carbocycles. The van der Waals surface area contributed by atoms with E-state index in [-0.39, 0.29) is 18.1 Å². The van der Waals surface area contributed by atoms with Gasteiger partial charge in [0, 0.05) is 18.8 Å². The Bertz CT molecular complexity index is 1120. The normalized spacial score (nSPS) is 35.8. The molecule has 14 nitrogen and oxygen atoms in total. The monoisotopic (exact) mass is 452 g/mol. The van der Waals surface area contributed by atoms with Gasteiger partial charge in [-0.15, -0.1) is 0 Å². The predicted octanol–water partition coefficient (Wildman–Crippen LogP) is -3.53. The van der Waals surface area contributed by atoms with Gasteiger partial charge in [0.25, 0.3) is 0 Å². The van der Waals surface area contributed by atoms with Crippen molar-refractivity contribution >= 4 is 11.6 Å². The fraction of sp³-hybridized carbons (Fsp3) is 0.556. The maximum atomic E-state index is 12.6. The first-order valence-corrected chi connectivity index (χ1v) is 9.82. The minimum atomic E-state index is -2.26. The summed E-state index contributed by atoms with van der Waals surface area (Å²) >= 11 is 0. The van der Waals surface area contributed by atoms with Crippen molar-refractivity contribution in [3.63, 3.8) is 0 Å². The molecule has 0 spiro atoms. The molecular weight excluding hydrogens is 428 g/mol. The molecule has 0 bridgehead atoms. The van der Waals surface area contributed by atoms with Crippen LogP contribution in [-0.4, -0.2) is 76.2 Å². The number of hydrogen-bond donors (Lipinski definition) is 6. The van der Waals surface area contributed by atoms with Crippen molar-refractivity contribution in [2.45, 2.75) is 61.9 Å². The molecule has 0 amide bonds. The number of aliphatic hydroxyl groups is 4. The Morgan fingerprint density at radius 2 is 1.75 bits per heavy atom. The van der Waals surface area contributed by atoms with Gasteiger partial charge in [-0.1, -0.05) is 0 Å². The number of aromatic nitrogens is 4. The van der Waals surface area contributed by atoms with E-state index in [9.17, 15) is 30.0 Å². The summed E-state index contributed by atoms with van der Waals surface area (Å²) in [4.78, 5) is 31.9. The first-order valence-electron chi connectivity index (χ1n) is 9.82. The minimum Gasteiger partial charge on any atom is -0.390 e. The van der Waals surface area contributed by atoms with Gasteiger partial charge < -0.3 is 41.4 Å². The molecule has 2 saturated heterocycles. The minimum absolute atomic E-state index is 0.000937. The van der Waals surface area contributed by atoms with Crippen molar-refractivity contribution in [1.29, 1.82) is 0 Å². The number of nitrogens with two attached hydrogens (primary N) is 2. The topological polar surface area (TPSA) is 221 Å². The number of nitrogen functional groups attached to an aromatic ring is 2. The molecule has 2 aromatic heterocycles. The largest absolute Gasteiger partial charge is 0.390 e. The Kier molecular flexibility index (Phi) is 5.52. The summed E-state index contributed by atoms with van der Waals surface area (Å²) in [6, 6.07) is 2.61. The Labute approximate surface area is 180 Å². The van der Waals surface area contributed by atoms with E-state index < -0.39 is 60.0 Å². The Morgan fingerprint density at radius 3 is 2.31 bits per heavy atom. The summed E-state index contributed by atoms with van der Waals surface area (Å²) in [5.74, 6) is -0.106. The molecule has 8 N–H and O–H groups in total. The third-order valence-corrected chi connectivity index (χ3v) is 5.84. The number of anilines is 2. The highest BCUT2D eigenvalue weighted by Crippen LogP contribution is 2.42. The highest BCUT2D eigenvalue weighted by Gasteiger charge is 2.62. The average Bonchev–Trinajstić information content (AvgIpc) is 3.21. The first kappa shape index (κ1) is 22.3. The van der Waals surface area contributed by atoms with Crippen molar-refractivity contribution < 1.29 is 29.9 Å². The van der Waals surface area contributed by atoms with Crippen molar-refractivity contribution in [2.24, 2.45) is 0 Å². The van der Waals surface area contributed by atoms with E-state index in [4.69, 9.17) is 20.9 Å². The van der Waals surface area contributed by atoms with Crippen LogP contribution in [0.3, 0.4) is 0 Å². The van der Waals surface area contributed by atoms with E-state index in [1.54, 1.807) is 0 Å². The zero-order valence-electron chi connectivity index (χ0n) is 16.9. The molecule has 2 fully saturated rings. The van der Waals surface area contributed by atoms with E-state index in [0.717, 1.165) is 15.3 Å². The Hall–Kier alpha value is -2.88. The SMILES string of the molecule is C[C@H]1O[C@@](C(O)[C@H]2O[C@@H](n3ccc(N)nc3=O)C[C@@H]2O)(n2ccc(N)nc2=O)[C@H](O)[C@@H]1O. The highest BCUT2D eigenvalue weighted by atomic mass is 16.6. The molecule has 1 unspecified atom stereocenters. The molecule has 174 valence electrons. The molecule has 4 heterocycles. The van der Waals surface area contributed by atoms with Crippen LogP contribution in [0.5, 0.6) is 0 Å². The number of nitrogens with zero attached hydrogens (tertiary/aromatic N) is 4. The summed E-state index contributed by atoms with van der Waals surface area (Å²) in [5, 5.41) is 43.1. The molecule has 8 atom stereocenters. The zero-order valence-corrected chi connectivity index (χ0v) is 16.9. The second-order valence-corrected chi connectivity index (χ2v) is 7.86. The van der Waals surface area contributed by atoms with E-state index in [0.29, 0.717) is 0 Å². The standard InChI is InChI=1S/C18H24N6O8/c1-7-12(26)14(27)18(32-7,24-5-3-10(20)22-17(24)30)15(28)13-8(25)6-11(31-13)23-4-2-9(19)21-16(23)29/h2-5,7-8,11-15,25-28H,6H2,1H3,(H2,19,21,29)(H2,20,22,30)/t7-,8+,11-,12-,13+,14-,15?,18+/m1/s1. The van der Waals surface area contributed by atoms with Crippen LogP contribution >= 0.6 is 0 Å². The lowest BCUT2D eigenvalue weighted by Gasteiger charge is -2.40. The van der Waals surface area contributed by atoms with Gasteiger partial charge in [0.05, 0.1) is 12.2 Å². The van der Waals surface area contributed by atoms with Crippen molar-refractivity contribution in [3.8, 4) is 0 Å². The predicted molar refractivity (Wildman–Crippen MR) is 107 cm³/mol. The van der Waals surface area contributed by atoms with Crippen LogP contribution in [0.2, 0.25) is 0 Å². The van der Waals surface area contributed by atoms with Crippen LogP contribution < -0.4 is 22.8 Å². The molecule has 0 radical (unpaired) electrons. The van der Waals surface area contributed by atoms with Crippen molar-refractivity contribution in [1.82, 2.24) is 19.1 Å². The van der Waals surface area contributed by atoms with E-state index in [2.05, 4.69) is 9.97 Å². The molecular formula is C18H24N6O8. The highest BCUT2D eigenvalue weighted by molar-refractivity contribution is 5.25. The third kappa shape index (κ3) is 3.37. The number of hydrogen-bond acceptors (Lipinski definition) is 12. The van der Waals surface area contributed by atoms with Crippen LogP contribution in [0.4, 0.5) is 11.6 Å². The smallest absolute Gasteiger partial charge is 0.352 e. The lowest BCUT2D eigenvalue weighted by molar-refractivity contribution is -0.241. The van der Waals surface area contributed by atoms with E-state index >= 15 is 0 Å². The average molecular weight is 452 g/mol. The number of aliphatic hydroxyl groups excluding tert-OH is 4. The maximum Gasteiger partial charge on any atom is 0.352 e. The molecule has 32 heavy (non-hydrogen) atoms. The van der Waals surface area contributed by atoms with Gasteiger partial charge in [0.15, 0.2) is 0 Å². The van der Waals surface area contributed by atoms with Gasteiger partial charge in [-0.05, 0) is 19.1 Å². The zero-order chi connectivity index (χ0) is 23.4. The van der Waals surface area contributed by atoms with Gasteiger partial charge in [-0.3, -0.25) is 9.13 Å². The summed E-state index contributed by atoms with van der Waals surface area (Å²) in [6.45, 7) is 1.44. The van der Waals surface area contributed by atoms with Gasteiger partial charge in [-0.2, -0.15) is 9.97 Å². The molecule has 2 aliphatic rings. The van der Waals surface area contributed by atoms with Gasteiger partial charge >= 0.3 is 11.4 Å². The van der Waals surface area contributed by atoms with Gasteiger partial charge in [0.2, 0.25) is 5.72 Å². The molecule has 0 aromatic carbocycles. The summed E-state index contributed by atoms with van der Waals surface area (Å²) < 4.78 is 13.3. The molecule has 0 saturated carbocycles. The van der Waals surface area contributed by atoms with E-state index in [1.165, 1.54) is 25.3 Å². The second-order valence-electron chi connectivity index (χ2n) is 7.86. The van der Waals surface area contributed by atoms with Crippen molar-refractivity contribution in [3.05, 3.63) is 45.5 Å². The van der Waals surface area contributed by atoms with Crippen LogP contribution in [0, 0.1) is 0 Å². The van der Waals surface area contributed by atoms with Crippen LogP contribution in [0.25, 0.3) is 0 Å². The van der Waals surface area contributed by atoms with Crippen LogP contribution in [0.15, 0.2) is 34.1 Å². The van der Waals surface area contributed by atoms with Crippen LogP contribution in [-0.2, 0) is 15.2 Å². The fourth-order valence-corrected chi connectivity index (χ4v) is 4.22. The number of ether oxygens (including phenoxy) is 2. The van der Waals surface area contributed by atoms with E-state index in [1.807, 2.05) is 0 Å². The maximum absolute atomic E-state index is 12.6. The summed E-state index contributed by atoms with van der Waals surface area (Å²) in [7, 11) is 0. The Balaban J connectivity index is 1.74. The quantitative estimate of drug-likeness (QED) is 0.266. The molecule has 2 aliphatic heterocycles. The van der Waals surface area contributed by atoms with Gasteiger partial charge in [-0.25, -0.2) is 9.59 Å². The molecule has 2 aromatic rings. The second kappa shape index (κ2) is 7.91. The molecule has 14 heteroatoms. The summed E-state index contributed by atoms with van der Waals surface area (Å²) in [5.41, 5.74) is 7.07. The Morgan fingerprint density at radius 1 is 1.12 bits per heavy atom. The van der Waals surface area contributed by atoms with Crippen molar-refractivity contribution in [2.75, 3.05) is 11.5 Å². The van der Waals surface area contributed by atoms with Gasteiger partial charge in [0.1, 0.15) is 42.3 Å². The lowest BCUT2D eigenvalue weighted by Crippen LogP contribution is -2.62. The van der Waals surface area contributed by atoms with Crippen LogP contribution in [0.1, 0.15) is 19.6 Å².